The van der Waals surface area contributed by atoms with Gasteiger partial charge in [-0.05, 0) is 55.3 Å². The number of anilines is 1. The fourth-order valence-electron chi connectivity index (χ4n) is 6.83. The van der Waals surface area contributed by atoms with Gasteiger partial charge in [0.25, 0.3) is 0 Å². The zero-order chi connectivity index (χ0) is 33.5. The molecule has 0 amide bonds. The molecule has 1 saturated heterocycles. The first kappa shape index (κ1) is 32.6. The monoisotopic (exact) mass is 721 g/mol. The van der Waals surface area contributed by atoms with Crippen LogP contribution in [0.25, 0.3) is 0 Å². The molecule has 244 valence electrons. The molecule has 0 aromatic heterocycles. The maximum absolute atomic E-state index is 14.6. The average Bonchev–Trinajstić information content (AvgIpc) is 3.56. The molecule has 47 heavy (non-hydrogen) atoms. The number of halogens is 1. The molecule has 13 heteroatoms. The van der Waals surface area contributed by atoms with Crippen molar-refractivity contribution in [1.29, 1.82) is 0 Å². The third kappa shape index (κ3) is 5.26. The van der Waals surface area contributed by atoms with Gasteiger partial charge in [0, 0.05) is 23.1 Å². The Morgan fingerprint density at radius 2 is 1.60 bits per heavy atom. The Morgan fingerprint density at radius 3 is 2.26 bits per heavy atom. The molecular weight excluding hydrogens is 690 g/mol. The quantitative estimate of drug-likeness (QED) is 0.175. The summed E-state index contributed by atoms with van der Waals surface area (Å²) in [6.07, 6.45) is -0.125. The molecule has 1 spiro atoms. The van der Waals surface area contributed by atoms with Crippen LogP contribution in [-0.4, -0.2) is 65.0 Å². The zero-order valence-electron chi connectivity index (χ0n) is 25.9. The highest BCUT2D eigenvalue weighted by Gasteiger charge is 2.70. The van der Waals surface area contributed by atoms with Gasteiger partial charge in [0.05, 0.1) is 37.4 Å². The number of nitrogens with zero attached hydrogens (tertiary/aromatic N) is 3. The second-order valence-corrected chi connectivity index (χ2v) is 13.9. The predicted octanol–water partition coefficient (Wildman–Crippen LogP) is 4.72. The van der Waals surface area contributed by atoms with Crippen LogP contribution >= 0.6 is 15.9 Å². The van der Waals surface area contributed by atoms with E-state index in [1.165, 1.54) is 19.2 Å². The molecular formula is C34H32BrN3O8S. The number of carbonyl (C=O) groups is 3. The smallest absolute Gasteiger partial charge is 0.357 e. The number of ether oxygens (including phenoxy) is 3. The fourth-order valence-corrected chi connectivity index (χ4v) is 8.73. The molecule has 0 bridgehead atoms. The first-order chi connectivity index (χ1) is 22.6. The van der Waals surface area contributed by atoms with Crippen molar-refractivity contribution in [3.05, 3.63) is 106 Å². The van der Waals surface area contributed by atoms with Crippen LogP contribution in [0.2, 0.25) is 0 Å². The maximum Gasteiger partial charge on any atom is 0.357 e. The van der Waals surface area contributed by atoms with Gasteiger partial charge in [-0.2, -0.15) is 4.31 Å². The lowest BCUT2D eigenvalue weighted by molar-refractivity contribution is -0.144. The van der Waals surface area contributed by atoms with Crippen LogP contribution in [0.1, 0.15) is 31.4 Å². The number of hydrogen-bond donors (Lipinski definition) is 0. The van der Waals surface area contributed by atoms with Crippen molar-refractivity contribution in [3.63, 3.8) is 0 Å². The minimum absolute atomic E-state index is 0.00915. The van der Waals surface area contributed by atoms with E-state index in [0.29, 0.717) is 15.7 Å². The van der Waals surface area contributed by atoms with E-state index < -0.39 is 45.8 Å². The van der Waals surface area contributed by atoms with Crippen molar-refractivity contribution in [2.75, 3.05) is 25.2 Å². The van der Waals surface area contributed by atoms with Crippen molar-refractivity contribution in [1.82, 2.24) is 4.31 Å². The van der Waals surface area contributed by atoms with Crippen molar-refractivity contribution in [2.24, 2.45) is 4.99 Å². The van der Waals surface area contributed by atoms with E-state index in [2.05, 4.69) is 15.9 Å². The van der Waals surface area contributed by atoms with Crippen molar-refractivity contribution in [3.8, 4) is 0 Å². The van der Waals surface area contributed by atoms with E-state index in [9.17, 15) is 23.1 Å². The van der Waals surface area contributed by atoms with Crippen molar-refractivity contribution in [2.45, 2.75) is 49.2 Å². The molecule has 3 aliphatic heterocycles. The van der Waals surface area contributed by atoms with Gasteiger partial charge in [-0.25, -0.2) is 19.4 Å². The van der Waals surface area contributed by atoms with Crippen molar-refractivity contribution >= 4 is 55.8 Å². The molecule has 1 fully saturated rings. The standard InChI is InChI=1S/C34H32BrN3O8S/c1-4-45-31(40)27-28(32(41)46-5-2)36-33-34(19-26(30(39)44-3)38(33)47(42,43)23-17-15-22(35)16-18-23)24-13-9-10-14-25(24)37(29(27)34)20-21-11-7-6-8-12-21/h6-18,26,29H,4-5,19-20H2,1-3H3/t26-,29?,34-/m0/s1. The Hall–Kier alpha value is -4.33. The Balaban J connectivity index is 1.69. The molecule has 0 N–H and O–H groups in total. The highest BCUT2D eigenvalue weighted by Crippen LogP contribution is 2.59. The van der Waals surface area contributed by atoms with E-state index in [-0.39, 0.29) is 48.2 Å². The highest BCUT2D eigenvalue weighted by molar-refractivity contribution is 9.10. The van der Waals surface area contributed by atoms with Gasteiger partial charge in [-0.1, -0.05) is 68.7 Å². The van der Waals surface area contributed by atoms with Crippen molar-refractivity contribution < 1.29 is 37.4 Å². The normalized spacial score (nSPS) is 22.4. The predicted molar refractivity (Wildman–Crippen MR) is 176 cm³/mol. The summed E-state index contributed by atoms with van der Waals surface area (Å²) >= 11 is 3.34. The first-order valence-electron chi connectivity index (χ1n) is 15.1. The van der Waals surface area contributed by atoms with Crippen LogP contribution in [-0.2, 0) is 55.2 Å². The Labute approximate surface area is 281 Å². The lowest BCUT2D eigenvalue weighted by atomic mass is 9.69. The Bertz CT molecular complexity index is 1850. The van der Waals surface area contributed by atoms with Crippen LogP contribution in [0.15, 0.2) is 104 Å². The summed E-state index contributed by atoms with van der Waals surface area (Å²) in [5, 5.41) is 0. The number of esters is 3. The van der Waals surface area contributed by atoms with Crippen LogP contribution in [0, 0.1) is 0 Å². The van der Waals surface area contributed by atoms with E-state index >= 15 is 0 Å². The largest absolute Gasteiger partial charge is 0.588 e. The zero-order valence-corrected chi connectivity index (χ0v) is 28.3. The molecule has 0 saturated carbocycles. The molecule has 0 radical (unpaired) electrons. The van der Waals surface area contributed by atoms with Gasteiger partial charge in [0.2, 0.25) is 0 Å². The number of carbonyl (C=O) groups excluding carboxylic acids is 3. The van der Waals surface area contributed by atoms with Crippen LogP contribution < -0.4 is 4.90 Å². The average molecular weight is 723 g/mol. The number of methoxy groups -OCH3 is 1. The molecule has 3 aromatic rings. The number of amidine groups is 1. The van der Waals surface area contributed by atoms with Gasteiger partial charge in [-0.15, -0.1) is 0 Å². The topological polar surface area (TPSA) is 138 Å². The SMILES string of the molecule is CCOC(=O)C1=C(C(=O)OCC)C2N(Cc3ccccc3)c3ccccc3[C@@]23C[C@@H](C(=O)OC)N([S+](=O)([O-])c2ccc(Br)cc2)C3=N1. The van der Waals surface area contributed by atoms with Crippen LogP contribution in [0.5, 0.6) is 0 Å². The number of hydrogen-bond acceptors (Lipinski definition) is 10. The summed E-state index contributed by atoms with van der Waals surface area (Å²) in [5.41, 5.74) is 0.372. The number of sulfonamides is 1. The number of fused-ring (bicyclic) bond motifs is 1. The Morgan fingerprint density at radius 1 is 0.957 bits per heavy atom. The minimum atomic E-state index is -4.49. The summed E-state index contributed by atoms with van der Waals surface area (Å²) < 4.78 is 46.9. The van der Waals surface area contributed by atoms with Crippen LogP contribution in [0.3, 0.4) is 0 Å². The molecule has 3 aromatic carbocycles. The van der Waals surface area contributed by atoms with E-state index in [1.807, 2.05) is 59.5 Å². The molecule has 0 aliphatic carbocycles. The van der Waals surface area contributed by atoms with Gasteiger partial charge in [0.15, 0.2) is 32.9 Å². The lowest BCUT2D eigenvalue weighted by Crippen LogP contribution is -2.56. The summed E-state index contributed by atoms with van der Waals surface area (Å²) in [4.78, 5) is 47.8. The third-order valence-electron chi connectivity index (χ3n) is 8.63. The Kier molecular flexibility index (Phi) is 8.81. The van der Waals surface area contributed by atoms with Gasteiger partial charge in [0.1, 0.15) is 0 Å². The van der Waals surface area contributed by atoms with Gasteiger partial charge in [-0.3, -0.25) is 0 Å². The number of benzene rings is 3. The summed E-state index contributed by atoms with van der Waals surface area (Å²) in [6.45, 7) is 3.52. The number of rotatable bonds is 9. The summed E-state index contributed by atoms with van der Waals surface area (Å²) in [5.74, 6) is -2.61. The third-order valence-corrected chi connectivity index (χ3v) is 11.0. The first-order valence-corrected chi connectivity index (χ1v) is 17.3. The fraction of sp³-hybridized carbons (Fsp3) is 0.294. The van der Waals surface area contributed by atoms with Gasteiger partial charge < -0.3 is 23.7 Å². The van der Waals surface area contributed by atoms with E-state index in [1.54, 1.807) is 26.0 Å². The second kappa shape index (κ2) is 12.7. The molecule has 11 nitrogen and oxygen atoms in total. The summed E-state index contributed by atoms with van der Waals surface area (Å²) in [7, 11) is -3.31. The second-order valence-electron chi connectivity index (χ2n) is 11.1. The molecule has 4 atom stereocenters. The molecule has 6 rings (SSSR count). The van der Waals surface area contributed by atoms with Gasteiger partial charge >= 0.3 is 17.9 Å². The minimum Gasteiger partial charge on any atom is -0.588 e. The molecule has 3 aliphatic rings. The number of para-hydroxylation sites is 1. The lowest BCUT2D eigenvalue weighted by Gasteiger charge is -2.41. The highest BCUT2D eigenvalue weighted by atomic mass is 79.9. The van der Waals surface area contributed by atoms with Crippen LogP contribution in [0.4, 0.5) is 5.69 Å². The summed E-state index contributed by atoms with van der Waals surface area (Å²) in [6, 6.07) is 20.5. The van der Waals surface area contributed by atoms with E-state index in [0.717, 1.165) is 9.87 Å². The molecule has 2 unspecified atom stereocenters. The molecule has 3 heterocycles. The maximum atomic E-state index is 14.6. The van der Waals surface area contributed by atoms with E-state index in [4.69, 9.17) is 19.2 Å². The number of aliphatic imine (C=N–C) groups is 1.